The fourth-order valence-electron chi connectivity index (χ4n) is 4.06. The molecule has 1 unspecified atom stereocenters. The summed E-state index contributed by atoms with van der Waals surface area (Å²) in [5.41, 5.74) is -0.177. The summed E-state index contributed by atoms with van der Waals surface area (Å²) in [5, 5.41) is 19.8. The lowest BCUT2D eigenvalue weighted by Gasteiger charge is -2.29. The predicted molar refractivity (Wildman–Crippen MR) is 184 cm³/mol. The van der Waals surface area contributed by atoms with E-state index in [9.17, 15) is 40.7 Å². The van der Waals surface area contributed by atoms with Crippen molar-refractivity contribution in [3.63, 3.8) is 0 Å². The second-order valence-electron chi connectivity index (χ2n) is 13.7. The van der Waals surface area contributed by atoms with Crippen LogP contribution in [-0.2, 0) is 30.4 Å². The van der Waals surface area contributed by atoms with Crippen LogP contribution in [0.5, 0.6) is 0 Å². The monoisotopic (exact) mass is 775 g/mol. The van der Waals surface area contributed by atoms with Crippen LogP contribution in [0.1, 0.15) is 112 Å². The number of aliphatic carboxylic acids is 2. The highest BCUT2D eigenvalue weighted by molar-refractivity contribution is 5.85. The van der Waals surface area contributed by atoms with Gasteiger partial charge in [0.25, 0.3) is 0 Å². The highest BCUT2D eigenvalue weighted by Gasteiger charge is 2.39. The van der Waals surface area contributed by atoms with Crippen LogP contribution in [0, 0.1) is 0 Å². The van der Waals surface area contributed by atoms with E-state index in [4.69, 9.17) is 29.3 Å². The molecule has 1 aromatic rings. The highest BCUT2D eigenvalue weighted by Crippen LogP contribution is 2.16. The van der Waals surface area contributed by atoms with Gasteiger partial charge in [0.2, 0.25) is 5.91 Å². The fourth-order valence-corrected chi connectivity index (χ4v) is 4.06. The summed E-state index contributed by atoms with van der Waals surface area (Å²) >= 11 is 0. The van der Waals surface area contributed by atoms with Gasteiger partial charge in [-0.25, -0.2) is 19.2 Å². The number of carbonyl (C=O) groups is 5. The lowest BCUT2D eigenvalue weighted by atomic mass is 10.1. The molecular formula is C35H55F6N3O9. The van der Waals surface area contributed by atoms with Crippen molar-refractivity contribution < 1.29 is 70.0 Å². The number of rotatable bonds is 16. The summed E-state index contributed by atoms with van der Waals surface area (Å²) in [7, 11) is 0. The summed E-state index contributed by atoms with van der Waals surface area (Å²) < 4.78 is 74.2. The van der Waals surface area contributed by atoms with Crippen LogP contribution in [0.3, 0.4) is 0 Å². The minimum Gasteiger partial charge on any atom is -0.475 e. The van der Waals surface area contributed by atoms with Crippen LogP contribution in [0.15, 0.2) is 30.3 Å². The van der Waals surface area contributed by atoms with Crippen LogP contribution in [0.2, 0.25) is 0 Å². The van der Waals surface area contributed by atoms with E-state index in [0.717, 1.165) is 24.8 Å². The van der Waals surface area contributed by atoms with Gasteiger partial charge in [-0.2, -0.15) is 26.3 Å². The van der Waals surface area contributed by atoms with Crippen LogP contribution in [0.25, 0.3) is 0 Å². The minimum absolute atomic E-state index is 0.113. The number of halogens is 6. The normalized spacial score (nSPS) is 12.1. The molecule has 1 atom stereocenters. The third kappa shape index (κ3) is 30.0. The number of unbranched alkanes of at least 4 members (excludes halogenated alkanes) is 6. The molecule has 0 fully saturated rings. The quantitative estimate of drug-likeness (QED) is 0.0954. The lowest BCUT2D eigenvalue weighted by molar-refractivity contribution is -0.193. The van der Waals surface area contributed by atoms with Gasteiger partial charge in [-0.15, -0.1) is 0 Å². The molecule has 0 heterocycles. The standard InChI is InChI=1S/C31H53N3O5.2C2HF3O2/c1-8-9-10-11-12-18-23-34(24-25-19-14-13-15-20-25)27(35)26(33-29(37)39-31(5,6)7)21-16-17-22-32-28(36)38-30(2,3)4;2*3-2(4,5)1(6)7/h13-15,19-20,26H,8-12,16-18,21-24H2,1-7H3,(H,32,36)(H,33,37);2*(H,6,7). The Hall–Kier alpha value is -4.25. The van der Waals surface area contributed by atoms with Gasteiger partial charge >= 0.3 is 36.5 Å². The minimum atomic E-state index is -5.08. The van der Waals surface area contributed by atoms with Crippen molar-refractivity contribution in [2.75, 3.05) is 13.1 Å². The Balaban J connectivity index is 0. The number of alkyl carbamates (subject to hydrolysis) is 2. The zero-order valence-electron chi connectivity index (χ0n) is 31.4. The van der Waals surface area contributed by atoms with Crippen molar-refractivity contribution in [1.29, 1.82) is 0 Å². The molecule has 1 aromatic carbocycles. The lowest BCUT2D eigenvalue weighted by Crippen LogP contribution is -2.49. The molecular weight excluding hydrogens is 720 g/mol. The van der Waals surface area contributed by atoms with E-state index in [0.29, 0.717) is 38.9 Å². The summed E-state index contributed by atoms with van der Waals surface area (Å²) in [6, 6.07) is 9.21. The van der Waals surface area contributed by atoms with Crippen molar-refractivity contribution >= 4 is 30.0 Å². The maximum absolute atomic E-state index is 13.8. The first kappa shape index (κ1) is 50.9. The average Bonchev–Trinajstić information content (AvgIpc) is 2.99. The summed E-state index contributed by atoms with van der Waals surface area (Å²) in [6.45, 7) is 14.6. The van der Waals surface area contributed by atoms with E-state index in [1.165, 1.54) is 19.3 Å². The van der Waals surface area contributed by atoms with Gasteiger partial charge < -0.3 is 35.2 Å². The molecule has 1 rings (SSSR count). The van der Waals surface area contributed by atoms with Crippen LogP contribution in [-0.4, -0.2) is 87.8 Å². The van der Waals surface area contributed by atoms with Crippen LogP contribution < -0.4 is 10.6 Å². The molecule has 18 heteroatoms. The maximum atomic E-state index is 13.8. The van der Waals surface area contributed by atoms with Crippen molar-refractivity contribution in [3.05, 3.63) is 35.9 Å². The molecule has 0 saturated heterocycles. The molecule has 0 aliphatic heterocycles. The predicted octanol–water partition coefficient (Wildman–Crippen LogP) is 8.23. The molecule has 0 saturated carbocycles. The number of hydrogen-bond acceptors (Lipinski definition) is 7. The van der Waals surface area contributed by atoms with E-state index in [2.05, 4.69) is 17.6 Å². The van der Waals surface area contributed by atoms with Crippen molar-refractivity contribution in [3.8, 4) is 0 Å². The first-order chi connectivity index (χ1) is 24.2. The first-order valence-corrected chi connectivity index (χ1v) is 17.1. The van der Waals surface area contributed by atoms with Crippen LogP contribution in [0.4, 0.5) is 35.9 Å². The van der Waals surface area contributed by atoms with E-state index in [1.807, 2.05) is 56.0 Å². The smallest absolute Gasteiger partial charge is 0.475 e. The third-order valence-electron chi connectivity index (χ3n) is 6.37. The maximum Gasteiger partial charge on any atom is 0.490 e. The summed E-state index contributed by atoms with van der Waals surface area (Å²) in [5.74, 6) is -5.63. The topological polar surface area (TPSA) is 172 Å². The summed E-state index contributed by atoms with van der Waals surface area (Å²) in [4.78, 5) is 58.0. The number of carboxylic acid groups (broad SMARTS) is 2. The van der Waals surface area contributed by atoms with Crippen molar-refractivity contribution in [2.45, 2.75) is 142 Å². The molecule has 0 aliphatic rings. The molecule has 0 radical (unpaired) electrons. The Kier molecular flexibility index (Phi) is 23.9. The van der Waals surface area contributed by atoms with Gasteiger partial charge in [-0.1, -0.05) is 69.4 Å². The zero-order chi connectivity index (χ0) is 41.5. The largest absolute Gasteiger partial charge is 0.490 e. The van der Waals surface area contributed by atoms with Gasteiger partial charge in [-0.05, 0) is 72.8 Å². The van der Waals surface area contributed by atoms with Crippen molar-refractivity contribution in [1.82, 2.24) is 15.5 Å². The molecule has 0 aromatic heterocycles. The number of amides is 3. The number of alkyl halides is 6. The molecule has 0 spiro atoms. The van der Waals surface area contributed by atoms with Crippen LogP contribution >= 0.6 is 0 Å². The number of nitrogens with one attached hydrogen (secondary N) is 2. The Morgan fingerprint density at radius 3 is 1.60 bits per heavy atom. The first-order valence-electron chi connectivity index (χ1n) is 17.1. The Morgan fingerprint density at radius 1 is 0.698 bits per heavy atom. The van der Waals surface area contributed by atoms with E-state index >= 15 is 0 Å². The molecule has 3 amide bonds. The van der Waals surface area contributed by atoms with E-state index < -0.39 is 53.7 Å². The Morgan fingerprint density at radius 2 is 1.15 bits per heavy atom. The number of benzene rings is 1. The van der Waals surface area contributed by atoms with Gasteiger partial charge in [-0.3, -0.25) is 4.79 Å². The Labute approximate surface area is 307 Å². The second kappa shape index (κ2) is 24.9. The van der Waals surface area contributed by atoms with Gasteiger partial charge in [0.1, 0.15) is 17.2 Å². The molecule has 0 aliphatic carbocycles. The second-order valence-corrected chi connectivity index (χ2v) is 13.7. The average molecular weight is 776 g/mol. The van der Waals surface area contributed by atoms with Gasteiger partial charge in [0.15, 0.2) is 0 Å². The van der Waals surface area contributed by atoms with Gasteiger partial charge in [0, 0.05) is 19.6 Å². The molecule has 53 heavy (non-hydrogen) atoms. The number of ether oxygens (including phenoxy) is 2. The zero-order valence-corrected chi connectivity index (χ0v) is 31.4. The number of hydrogen-bond donors (Lipinski definition) is 4. The number of carbonyl (C=O) groups excluding carboxylic acids is 3. The fraction of sp³-hybridized carbons (Fsp3) is 0.686. The van der Waals surface area contributed by atoms with E-state index in [1.54, 1.807) is 20.8 Å². The molecule has 12 nitrogen and oxygen atoms in total. The number of carboxylic acids is 2. The molecule has 4 N–H and O–H groups in total. The van der Waals surface area contributed by atoms with Crippen molar-refractivity contribution in [2.24, 2.45) is 0 Å². The highest BCUT2D eigenvalue weighted by atomic mass is 19.4. The Bertz CT molecular complexity index is 1210. The molecule has 0 bridgehead atoms. The molecule has 306 valence electrons. The summed E-state index contributed by atoms with van der Waals surface area (Å²) in [6.07, 6.45) is -2.72. The van der Waals surface area contributed by atoms with Gasteiger partial charge in [0.05, 0.1) is 0 Å². The van der Waals surface area contributed by atoms with E-state index in [-0.39, 0.29) is 5.91 Å². The third-order valence-corrected chi connectivity index (χ3v) is 6.37. The SMILES string of the molecule is CCCCCCCCN(Cc1ccccc1)C(=O)C(CCCCNC(=O)OC(C)(C)C)NC(=O)OC(C)(C)C.O=C(O)C(F)(F)F.O=C(O)C(F)(F)F. The number of nitrogens with zero attached hydrogens (tertiary/aromatic N) is 1.